The third kappa shape index (κ3) is 12.7. The topological polar surface area (TPSA) is 142 Å². The van der Waals surface area contributed by atoms with Crippen molar-refractivity contribution in [3.05, 3.63) is 80.3 Å². The van der Waals surface area contributed by atoms with Gasteiger partial charge in [-0.05, 0) is 72.9 Å². The molecule has 2 N–H and O–H groups in total. The molecule has 0 saturated carbocycles. The largest absolute Gasteiger partial charge is 0.508 e. The van der Waals surface area contributed by atoms with Gasteiger partial charge >= 0.3 is 11.9 Å². The highest BCUT2D eigenvalue weighted by Crippen LogP contribution is 2.39. The summed E-state index contributed by atoms with van der Waals surface area (Å²) in [7, 11) is 0. The number of halogens is 3. The zero-order valence-corrected chi connectivity index (χ0v) is 34.4. The first-order valence-corrected chi connectivity index (χ1v) is 19.8. The lowest BCUT2D eigenvalue weighted by molar-refractivity contribution is -0.147. The summed E-state index contributed by atoms with van der Waals surface area (Å²) in [4.78, 5) is 39.2. The molecule has 296 valence electrons. The minimum atomic E-state index is -1.31. The van der Waals surface area contributed by atoms with E-state index in [4.69, 9.17) is 44.3 Å². The Hall–Kier alpha value is -4.19. The standard InChI is InChI=1S/C41H50Cl3N5O6/c1-6-7-8-9-10-11-12-13-14-15-20-54-35(51)25-55-40(53)27-16-18-30(42)33(23-27)45-38-36(47-46-28-17-19-34(50)29(24-28)41(3,4)5)39(52)49(48-38)37-31(43)21-26(2)22-32(37)44/h16-19,21-24,36,50H,6-15,20,25H2,1-5H3,(H,45,48)/b47-46+. The lowest BCUT2D eigenvalue weighted by atomic mass is 9.86. The van der Waals surface area contributed by atoms with Crippen LogP contribution in [0.1, 0.15) is 113 Å². The van der Waals surface area contributed by atoms with Crippen LogP contribution < -0.4 is 10.3 Å². The van der Waals surface area contributed by atoms with Gasteiger partial charge in [0.05, 0.1) is 38.6 Å². The first-order valence-electron chi connectivity index (χ1n) is 18.7. The average Bonchev–Trinajstić information content (AvgIpc) is 3.42. The number of carbonyl (C=O) groups excluding carboxylic acids is 3. The van der Waals surface area contributed by atoms with Crippen LogP contribution >= 0.6 is 34.8 Å². The number of rotatable bonds is 18. The maximum absolute atomic E-state index is 13.9. The molecule has 14 heteroatoms. The molecule has 3 aromatic rings. The number of nitrogens with one attached hydrogen (secondary N) is 1. The number of hydrazone groups is 1. The van der Waals surface area contributed by atoms with Crippen LogP contribution in [0.5, 0.6) is 5.75 Å². The summed E-state index contributed by atoms with van der Waals surface area (Å²) in [5.74, 6) is -1.91. The Morgan fingerprint density at radius 2 is 1.51 bits per heavy atom. The third-order valence-electron chi connectivity index (χ3n) is 8.91. The molecule has 1 unspecified atom stereocenters. The average molecular weight is 815 g/mol. The smallest absolute Gasteiger partial charge is 0.344 e. The van der Waals surface area contributed by atoms with Gasteiger partial charge in [0.1, 0.15) is 11.4 Å². The zero-order valence-electron chi connectivity index (χ0n) is 32.1. The normalized spacial score (nSPS) is 14.4. The van der Waals surface area contributed by atoms with E-state index in [1.165, 1.54) is 69.2 Å². The van der Waals surface area contributed by atoms with Gasteiger partial charge in [0, 0.05) is 5.56 Å². The predicted octanol–water partition coefficient (Wildman–Crippen LogP) is 11.5. The van der Waals surface area contributed by atoms with E-state index in [2.05, 4.69) is 27.6 Å². The second kappa shape index (κ2) is 20.6. The third-order valence-corrected chi connectivity index (χ3v) is 9.81. The summed E-state index contributed by atoms with van der Waals surface area (Å²) in [6, 6.07) is 11.1. The molecule has 1 aliphatic rings. The van der Waals surface area contributed by atoms with Crippen LogP contribution in [0.2, 0.25) is 15.1 Å². The Morgan fingerprint density at radius 3 is 2.15 bits per heavy atom. The molecule has 0 aliphatic carbocycles. The maximum atomic E-state index is 13.9. The minimum Gasteiger partial charge on any atom is -0.508 e. The van der Waals surface area contributed by atoms with E-state index in [0.717, 1.165) is 29.8 Å². The number of ether oxygens (including phenoxy) is 2. The summed E-state index contributed by atoms with van der Waals surface area (Å²) in [6.45, 7) is 9.59. The zero-order chi connectivity index (χ0) is 40.1. The predicted molar refractivity (Wildman–Crippen MR) is 219 cm³/mol. The number of amides is 1. The Kier molecular flexibility index (Phi) is 16.3. The first-order chi connectivity index (χ1) is 26.2. The Bertz CT molecular complexity index is 1870. The number of azo groups is 1. The molecule has 4 rings (SSSR count). The van der Waals surface area contributed by atoms with Gasteiger partial charge in [-0.3, -0.25) is 4.79 Å². The quantitative estimate of drug-likeness (QED) is 0.0739. The van der Waals surface area contributed by atoms with E-state index in [-0.39, 0.29) is 50.2 Å². The van der Waals surface area contributed by atoms with Crippen molar-refractivity contribution in [1.82, 2.24) is 0 Å². The van der Waals surface area contributed by atoms with Crippen LogP contribution in [0.25, 0.3) is 0 Å². The van der Waals surface area contributed by atoms with Crippen molar-refractivity contribution in [2.45, 2.75) is 110 Å². The van der Waals surface area contributed by atoms with E-state index >= 15 is 0 Å². The van der Waals surface area contributed by atoms with E-state index in [0.29, 0.717) is 11.3 Å². The van der Waals surface area contributed by atoms with Crippen molar-refractivity contribution >= 4 is 75.5 Å². The Balaban J connectivity index is 1.43. The van der Waals surface area contributed by atoms with Crippen LogP contribution in [-0.4, -0.2) is 48.0 Å². The molecule has 0 bridgehead atoms. The van der Waals surface area contributed by atoms with Crippen LogP contribution in [0.4, 0.5) is 17.1 Å². The van der Waals surface area contributed by atoms with E-state index in [9.17, 15) is 19.5 Å². The number of anilines is 2. The van der Waals surface area contributed by atoms with Gasteiger partial charge in [0.2, 0.25) is 6.04 Å². The second-order valence-corrected chi connectivity index (χ2v) is 15.8. The SMILES string of the molecule is CCCCCCCCCCCCOC(=O)COC(=O)c1ccc(Cl)c(NC2=NN(c3c(Cl)cc(C)cc3Cl)C(=O)C2/N=N/c2ccc(O)c(C(C)(C)C)c2)c1. The number of amidine groups is 1. The van der Waals surface area contributed by atoms with Crippen molar-refractivity contribution in [1.29, 1.82) is 0 Å². The fraction of sp³-hybridized carbons (Fsp3) is 0.463. The van der Waals surface area contributed by atoms with E-state index < -0.39 is 35.9 Å². The molecule has 55 heavy (non-hydrogen) atoms. The highest BCUT2D eigenvalue weighted by Gasteiger charge is 2.40. The van der Waals surface area contributed by atoms with Crippen molar-refractivity contribution < 1.29 is 29.0 Å². The van der Waals surface area contributed by atoms with E-state index in [1.807, 2.05) is 27.7 Å². The molecule has 11 nitrogen and oxygen atoms in total. The van der Waals surface area contributed by atoms with Crippen LogP contribution in [0.15, 0.2) is 63.9 Å². The number of unbranched alkanes of at least 4 members (excludes halogenated alkanes) is 9. The summed E-state index contributed by atoms with van der Waals surface area (Å²) < 4.78 is 10.5. The molecule has 0 spiro atoms. The molecular weight excluding hydrogens is 765 g/mol. The molecule has 0 fully saturated rings. The highest BCUT2D eigenvalue weighted by molar-refractivity contribution is 6.41. The molecule has 0 radical (unpaired) electrons. The summed E-state index contributed by atoms with van der Waals surface area (Å²) >= 11 is 19.6. The van der Waals surface area contributed by atoms with Crippen molar-refractivity contribution in [3.63, 3.8) is 0 Å². The Morgan fingerprint density at radius 1 is 0.873 bits per heavy atom. The summed E-state index contributed by atoms with van der Waals surface area (Å²) in [6.07, 6.45) is 11.6. The van der Waals surface area contributed by atoms with Crippen molar-refractivity contribution in [3.8, 4) is 5.75 Å². The van der Waals surface area contributed by atoms with Crippen molar-refractivity contribution in [2.24, 2.45) is 15.3 Å². The molecule has 1 amide bonds. The Labute approximate surface area is 338 Å². The number of hydrogen-bond acceptors (Lipinski definition) is 10. The molecule has 0 saturated heterocycles. The second-order valence-electron chi connectivity index (χ2n) is 14.6. The molecule has 1 aliphatic heterocycles. The van der Waals surface area contributed by atoms with Crippen LogP contribution in [-0.2, 0) is 24.5 Å². The molecule has 3 aromatic carbocycles. The van der Waals surface area contributed by atoms with Crippen LogP contribution in [0.3, 0.4) is 0 Å². The van der Waals surface area contributed by atoms with Gasteiger partial charge in [-0.1, -0.05) is 120 Å². The summed E-state index contributed by atoms with van der Waals surface area (Å²) in [5, 5.41) is 28.2. The number of carbonyl (C=O) groups is 3. The minimum absolute atomic E-state index is 0.0132. The van der Waals surface area contributed by atoms with Gasteiger partial charge in [0.25, 0.3) is 5.91 Å². The number of aryl methyl sites for hydroxylation is 1. The number of hydrogen-bond donors (Lipinski definition) is 2. The number of esters is 2. The van der Waals surface area contributed by atoms with Gasteiger partial charge < -0.3 is 19.9 Å². The fourth-order valence-corrected chi connectivity index (χ4v) is 6.84. The van der Waals surface area contributed by atoms with E-state index in [1.54, 1.807) is 24.3 Å². The molecular formula is C41H50Cl3N5O6. The first kappa shape index (κ1) is 43.5. The van der Waals surface area contributed by atoms with Crippen molar-refractivity contribution in [2.75, 3.05) is 23.5 Å². The summed E-state index contributed by atoms with van der Waals surface area (Å²) in [5.41, 5.74) is 1.86. The lowest BCUT2D eigenvalue weighted by Gasteiger charge is -2.20. The van der Waals surface area contributed by atoms with Crippen LogP contribution in [0, 0.1) is 6.92 Å². The maximum Gasteiger partial charge on any atom is 0.344 e. The highest BCUT2D eigenvalue weighted by atomic mass is 35.5. The van der Waals surface area contributed by atoms with Gasteiger partial charge in [-0.2, -0.15) is 15.2 Å². The molecule has 1 heterocycles. The monoisotopic (exact) mass is 813 g/mol. The number of phenolic OH excluding ortho intramolecular Hbond substituents is 1. The van der Waals surface area contributed by atoms with Gasteiger partial charge in [0.15, 0.2) is 12.4 Å². The molecule has 1 atom stereocenters. The number of phenols is 1. The number of aromatic hydroxyl groups is 1. The van der Waals surface area contributed by atoms with Gasteiger partial charge in [-0.15, -0.1) is 5.10 Å². The van der Waals surface area contributed by atoms with Gasteiger partial charge in [-0.25, -0.2) is 9.59 Å². The molecule has 0 aromatic heterocycles. The number of benzene rings is 3. The number of nitrogens with zero attached hydrogens (tertiary/aromatic N) is 4. The lowest BCUT2D eigenvalue weighted by Crippen LogP contribution is -2.33. The fourth-order valence-electron chi connectivity index (χ4n) is 5.92.